The van der Waals surface area contributed by atoms with E-state index < -0.39 is 0 Å². The molecule has 0 heterocycles. The lowest BCUT2D eigenvalue weighted by Crippen LogP contribution is -2.03. The van der Waals surface area contributed by atoms with Crippen molar-refractivity contribution in [2.75, 3.05) is 5.75 Å². The third kappa shape index (κ3) is 3.95. The van der Waals surface area contributed by atoms with Crippen LogP contribution in [-0.4, -0.2) is 5.75 Å². The molecule has 0 N–H and O–H groups in total. The summed E-state index contributed by atoms with van der Waals surface area (Å²) in [5.74, 6) is 1.20. The number of nitrogens with zero attached hydrogens (tertiary/aromatic N) is 1. The van der Waals surface area contributed by atoms with Crippen molar-refractivity contribution in [2.45, 2.75) is 13.3 Å². The molecule has 0 fully saturated rings. The summed E-state index contributed by atoms with van der Waals surface area (Å²) in [5.41, 5.74) is 0.979. The summed E-state index contributed by atoms with van der Waals surface area (Å²) < 4.78 is 0. The lowest BCUT2D eigenvalue weighted by Gasteiger charge is -2.11. The second kappa shape index (κ2) is 6.27. The molecule has 1 atom stereocenters. The Balaban J connectivity index is 2.68. The normalized spacial score (nSPS) is 12.1. The number of hydrogen-bond acceptors (Lipinski definition) is 2. The molecule has 0 aliphatic rings. The lowest BCUT2D eigenvalue weighted by atomic mass is 10.0. The number of hydrogen-bond donors (Lipinski definition) is 0. The topological polar surface area (TPSA) is 23.8 Å². The standard InChI is InChI=1S/C11H11Cl2NS/c1-8(6-15-7-14)5-9-10(12)3-2-4-11(9)13/h2-4,8H,5-6H2,1H3. The molecule has 0 radical (unpaired) electrons. The molecule has 0 spiro atoms. The minimum Gasteiger partial charge on any atom is -0.185 e. The molecular formula is C11H11Cl2NS. The first-order valence-electron chi connectivity index (χ1n) is 4.59. The van der Waals surface area contributed by atoms with Gasteiger partial charge in [-0.2, -0.15) is 5.26 Å². The van der Waals surface area contributed by atoms with Crippen LogP contribution in [0.2, 0.25) is 10.0 Å². The molecule has 0 saturated heterocycles. The zero-order valence-electron chi connectivity index (χ0n) is 8.34. The highest BCUT2D eigenvalue weighted by atomic mass is 35.5. The summed E-state index contributed by atoms with van der Waals surface area (Å²) in [4.78, 5) is 0. The average Bonchev–Trinajstić information content (AvgIpc) is 2.21. The third-order valence-corrected chi connectivity index (χ3v) is 3.62. The van der Waals surface area contributed by atoms with Gasteiger partial charge in [0.25, 0.3) is 0 Å². The van der Waals surface area contributed by atoms with Crippen molar-refractivity contribution in [1.29, 1.82) is 5.26 Å². The van der Waals surface area contributed by atoms with Crippen LogP contribution in [0.1, 0.15) is 12.5 Å². The Bertz CT molecular complexity index is 353. The van der Waals surface area contributed by atoms with E-state index in [0.29, 0.717) is 16.0 Å². The van der Waals surface area contributed by atoms with Crippen LogP contribution in [0.4, 0.5) is 0 Å². The van der Waals surface area contributed by atoms with Gasteiger partial charge in [-0.25, -0.2) is 0 Å². The predicted molar refractivity (Wildman–Crippen MR) is 67.4 cm³/mol. The van der Waals surface area contributed by atoms with E-state index in [9.17, 15) is 0 Å². The van der Waals surface area contributed by atoms with E-state index in [1.807, 2.05) is 18.2 Å². The van der Waals surface area contributed by atoms with Gasteiger partial charge in [0.05, 0.1) is 0 Å². The Morgan fingerprint density at radius 2 is 2.00 bits per heavy atom. The first-order chi connectivity index (χ1) is 7.15. The Kier molecular flexibility index (Phi) is 5.31. The van der Waals surface area contributed by atoms with Gasteiger partial charge in [-0.1, -0.05) is 36.2 Å². The molecule has 0 aliphatic heterocycles. The van der Waals surface area contributed by atoms with Gasteiger partial charge >= 0.3 is 0 Å². The second-order valence-corrected chi connectivity index (χ2v) is 5.03. The van der Waals surface area contributed by atoms with E-state index in [1.165, 1.54) is 11.8 Å². The van der Waals surface area contributed by atoms with Gasteiger partial charge in [0.15, 0.2) is 0 Å². The Morgan fingerprint density at radius 1 is 1.40 bits per heavy atom. The Hall–Kier alpha value is -0.360. The molecule has 4 heteroatoms. The summed E-state index contributed by atoms with van der Waals surface area (Å²) in [5, 5.41) is 11.9. The number of halogens is 2. The largest absolute Gasteiger partial charge is 0.185 e. The van der Waals surface area contributed by atoms with E-state index in [2.05, 4.69) is 12.3 Å². The summed E-state index contributed by atoms with van der Waals surface area (Å²) in [6.45, 7) is 2.09. The molecule has 80 valence electrons. The average molecular weight is 260 g/mol. The van der Waals surface area contributed by atoms with Gasteiger partial charge in [0.2, 0.25) is 0 Å². The molecule has 0 bridgehead atoms. The van der Waals surface area contributed by atoms with Gasteiger partial charge in [-0.05, 0) is 41.8 Å². The van der Waals surface area contributed by atoms with E-state index in [1.54, 1.807) is 0 Å². The highest BCUT2D eigenvalue weighted by molar-refractivity contribution is 8.03. The fourth-order valence-electron chi connectivity index (χ4n) is 1.31. The molecule has 15 heavy (non-hydrogen) atoms. The molecule has 1 nitrogen and oxygen atoms in total. The van der Waals surface area contributed by atoms with Crippen molar-refractivity contribution in [1.82, 2.24) is 0 Å². The Morgan fingerprint density at radius 3 is 2.53 bits per heavy atom. The monoisotopic (exact) mass is 259 g/mol. The van der Waals surface area contributed by atoms with E-state index in [-0.39, 0.29) is 0 Å². The molecule has 1 aromatic rings. The van der Waals surface area contributed by atoms with Crippen molar-refractivity contribution >= 4 is 35.0 Å². The highest BCUT2D eigenvalue weighted by Crippen LogP contribution is 2.27. The van der Waals surface area contributed by atoms with Gasteiger partial charge < -0.3 is 0 Å². The maximum absolute atomic E-state index is 8.45. The van der Waals surface area contributed by atoms with Crippen LogP contribution in [0.25, 0.3) is 0 Å². The molecule has 0 aliphatic carbocycles. The van der Waals surface area contributed by atoms with E-state index in [0.717, 1.165) is 17.7 Å². The van der Waals surface area contributed by atoms with Crippen LogP contribution < -0.4 is 0 Å². The van der Waals surface area contributed by atoms with Crippen molar-refractivity contribution in [3.8, 4) is 5.40 Å². The lowest BCUT2D eigenvalue weighted by molar-refractivity contribution is 0.660. The van der Waals surface area contributed by atoms with E-state index in [4.69, 9.17) is 28.5 Å². The summed E-state index contributed by atoms with van der Waals surface area (Å²) in [7, 11) is 0. The first-order valence-corrected chi connectivity index (χ1v) is 6.33. The fourth-order valence-corrected chi connectivity index (χ4v) is 2.34. The molecule has 1 unspecified atom stereocenters. The number of benzene rings is 1. The molecule has 0 saturated carbocycles. The van der Waals surface area contributed by atoms with Crippen LogP contribution in [0.15, 0.2) is 18.2 Å². The SMILES string of the molecule is CC(CSC#N)Cc1c(Cl)cccc1Cl. The van der Waals surface area contributed by atoms with Crippen LogP contribution in [0.5, 0.6) is 0 Å². The first kappa shape index (κ1) is 12.7. The van der Waals surface area contributed by atoms with Crippen molar-refractivity contribution < 1.29 is 0 Å². The zero-order valence-corrected chi connectivity index (χ0v) is 10.7. The molecule has 1 aromatic carbocycles. The number of rotatable bonds is 4. The van der Waals surface area contributed by atoms with Gasteiger partial charge in [0.1, 0.15) is 5.40 Å². The van der Waals surface area contributed by atoms with Gasteiger partial charge in [0, 0.05) is 15.8 Å². The molecule has 1 rings (SSSR count). The quantitative estimate of drug-likeness (QED) is 0.750. The molecular weight excluding hydrogens is 249 g/mol. The molecule has 0 aromatic heterocycles. The van der Waals surface area contributed by atoms with Crippen molar-refractivity contribution in [2.24, 2.45) is 5.92 Å². The minimum absolute atomic E-state index is 0.395. The molecule has 0 amide bonds. The van der Waals surface area contributed by atoms with Crippen LogP contribution in [0, 0.1) is 16.6 Å². The highest BCUT2D eigenvalue weighted by Gasteiger charge is 2.10. The summed E-state index contributed by atoms with van der Waals surface area (Å²) in [6.07, 6.45) is 0.813. The van der Waals surface area contributed by atoms with Crippen LogP contribution in [0.3, 0.4) is 0 Å². The maximum atomic E-state index is 8.45. The third-order valence-electron chi connectivity index (χ3n) is 2.05. The van der Waals surface area contributed by atoms with Gasteiger partial charge in [-0.15, -0.1) is 0 Å². The van der Waals surface area contributed by atoms with Gasteiger partial charge in [-0.3, -0.25) is 0 Å². The van der Waals surface area contributed by atoms with E-state index >= 15 is 0 Å². The van der Waals surface area contributed by atoms with Crippen LogP contribution >= 0.6 is 35.0 Å². The number of nitriles is 1. The smallest absolute Gasteiger partial charge is 0.133 e. The summed E-state index contributed by atoms with van der Waals surface area (Å²) in [6, 6.07) is 5.52. The van der Waals surface area contributed by atoms with Crippen molar-refractivity contribution in [3.63, 3.8) is 0 Å². The number of thioether (sulfide) groups is 1. The maximum Gasteiger partial charge on any atom is 0.133 e. The Labute approximate surface area is 104 Å². The zero-order chi connectivity index (χ0) is 11.3. The van der Waals surface area contributed by atoms with Crippen LogP contribution in [-0.2, 0) is 6.42 Å². The van der Waals surface area contributed by atoms with Crippen molar-refractivity contribution in [3.05, 3.63) is 33.8 Å². The fraction of sp³-hybridized carbons (Fsp3) is 0.364. The minimum atomic E-state index is 0.395. The summed E-state index contributed by atoms with van der Waals surface area (Å²) >= 11 is 13.4. The predicted octanol–water partition coefficient (Wildman–Crippen LogP) is 4.39. The second-order valence-electron chi connectivity index (χ2n) is 3.41. The number of thiocyanates is 1.